The number of rotatable bonds is 7. The fourth-order valence-corrected chi connectivity index (χ4v) is 2.85. The van der Waals surface area contributed by atoms with Crippen LogP contribution in [0.15, 0.2) is 18.2 Å². The number of hydrogen-bond donors (Lipinski definition) is 1. The minimum absolute atomic E-state index is 0.0367. The predicted octanol–water partition coefficient (Wildman–Crippen LogP) is 3.69. The number of carbonyl (C=O) groups excluding carboxylic acids is 1. The van der Waals surface area contributed by atoms with Gasteiger partial charge in [0.1, 0.15) is 0 Å². The summed E-state index contributed by atoms with van der Waals surface area (Å²) >= 11 is 0. The zero-order chi connectivity index (χ0) is 17.7. The van der Waals surface area contributed by atoms with Crippen molar-refractivity contribution in [1.29, 1.82) is 0 Å². The average Bonchev–Trinajstić information content (AvgIpc) is 2.53. The maximum atomic E-state index is 12.5. The summed E-state index contributed by atoms with van der Waals surface area (Å²) in [5.41, 5.74) is 3.69. The molecule has 0 saturated heterocycles. The van der Waals surface area contributed by atoms with E-state index in [1.54, 1.807) is 6.92 Å². The van der Waals surface area contributed by atoms with Gasteiger partial charge in [-0.3, -0.25) is 9.78 Å². The van der Waals surface area contributed by atoms with Crippen molar-refractivity contribution in [3.63, 3.8) is 0 Å². The van der Waals surface area contributed by atoms with Crippen LogP contribution in [0.3, 0.4) is 0 Å². The molecule has 0 saturated carbocycles. The Morgan fingerprint density at radius 3 is 2.58 bits per heavy atom. The van der Waals surface area contributed by atoms with Crippen LogP contribution in [0.25, 0.3) is 10.9 Å². The second-order valence-corrected chi connectivity index (χ2v) is 5.80. The Morgan fingerprint density at radius 1 is 1.21 bits per heavy atom. The number of aromatic nitrogens is 1. The Labute approximate surface area is 141 Å². The number of aliphatic carboxylic acids is 1. The quantitative estimate of drug-likeness (QED) is 0.784. The summed E-state index contributed by atoms with van der Waals surface area (Å²) in [4.78, 5) is 28.2. The second-order valence-electron chi connectivity index (χ2n) is 5.80. The molecule has 1 heterocycles. The Hall–Kier alpha value is -2.43. The lowest BCUT2D eigenvalue weighted by Crippen LogP contribution is -2.15. The first-order valence-corrected chi connectivity index (χ1v) is 8.28. The molecule has 0 fully saturated rings. The third kappa shape index (κ3) is 3.91. The Morgan fingerprint density at radius 2 is 1.96 bits per heavy atom. The van der Waals surface area contributed by atoms with Gasteiger partial charge in [0.15, 0.2) is 0 Å². The van der Waals surface area contributed by atoms with Gasteiger partial charge in [-0.2, -0.15) is 0 Å². The smallest absolute Gasteiger partial charge is 0.340 e. The van der Waals surface area contributed by atoms with E-state index < -0.39 is 11.9 Å². The van der Waals surface area contributed by atoms with E-state index in [4.69, 9.17) is 9.84 Å². The van der Waals surface area contributed by atoms with E-state index in [0.29, 0.717) is 17.7 Å². The van der Waals surface area contributed by atoms with E-state index in [-0.39, 0.29) is 19.4 Å². The molecule has 0 spiro atoms. The monoisotopic (exact) mass is 329 g/mol. The van der Waals surface area contributed by atoms with Crippen LogP contribution in [0.1, 0.15) is 53.9 Å². The van der Waals surface area contributed by atoms with Gasteiger partial charge in [0.2, 0.25) is 0 Å². The zero-order valence-corrected chi connectivity index (χ0v) is 14.4. The lowest BCUT2D eigenvalue weighted by molar-refractivity contribution is -0.136. The number of carbonyl (C=O) groups is 2. The van der Waals surface area contributed by atoms with Crippen molar-refractivity contribution in [2.24, 2.45) is 0 Å². The third-order valence-corrected chi connectivity index (χ3v) is 3.88. The molecule has 0 amide bonds. The summed E-state index contributed by atoms with van der Waals surface area (Å²) in [6, 6.07) is 5.84. The molecule has 1 N–H and O–H groups in total. The molecule has 24 heavy (non-hydrogen) atoms. The van der Waals surface area contributed by atoms with Gasteiger partial charge in [0.25, 0.3) is 0 Å². The van der Waals surface area contributed by atoms with Gasteiger partial charge in [-0.05, 0) is 44.4 Å². The molecule has 5 nitrogen and oxygen atoms in total. The number of carboxylic acid groups (broad SMARTS) is 1. The molecule has 0 atom stereocenters. The lowest BCUT2D eigenvalue weighted by atomic mass is 9.94. The first-order chi connectivity index (χ1) is 11.5. The molecule has 0 aliphatic rings. The number of carboxylic acids is 1. The molecule has 1 aromatic heterocycles. The molecule has 0 radical (unpaired) electrons. The van der Waals surface area contributed by atoms with Gasteiger partial charge in [-0.1, -0.05) is 25.0 Å². The molecule has 1 aromatic carbocycles. The summed E-state index contributed by atoms with van der Waals surface area (Å²) in [5, 5.41) is 9.91. The second kappa shape index (κ2) is 7.90. The predicted molar refractivity (Wildman–Crippen MR) is 92.4 cm³/mol. The molecular formula is C19H23NO4. The Balaban J connectivity index is 2.73. The highest BCUT2D eigenvalue weighted by Gasteiger charge is 2.22. The van der Waals surface area contributed by atoms with E-state index in [1.807, 2.05) is 32.0 Å². The fraction of sp³-hybridized carbons (Fsp3) is 0.421. The van der Waals surface area contributed by atoms with Crippen molar-refractivity contribution in [2.75, 3.05) is 6.61 Å². The highest BCUT2D eigenvalue weighted by atomic mass is 16.5. The molecule has 128 valence electrons. The summed E-state index contributed by atoms with van der Waals surface area (Å²) in [7, 11) is 0. The normalized spacial score (nSPS) is 10.8. The fourth-order valence-electron chi connectivity index (χ4n) is 2.85. The van der Waals surface area contributed by atoms with Crippen LogP contribution in [0.5, 0.6) is 0 Å². The SMILES string of the molecule is CCCc1nc2ccc(C)cc2c(CCC(=O)O)c1C(=O)OCC. The van der Waals surface area contributed by atoms with Crippen LogP contribution >= 0.6 is 0 Å². The van der Waals surface area contributed by atoms with E-state index in [2.05, 4.69) is 4.98 Å². The number of nitrogens with zero attached hydrogens (tertiary/aromatic N) is 1. The van der Waals surface area contributed by atoms with Gasteiger partial charge in [-0.25, -0.2) is 4.79 Å². The highest BCUT2D eigenvalue weighted by molar-refractivity contribution is 5.99. The first kappa shape index (κ1) is 17.9. The number of hydrogen-bond acceptors (Lipinski definition) is 4. The summed E-state index contributed by atoms with van der Waals surface area (Å²) in [6.07, 6.45) is 1.74. The number of pyridine rings is 1. The van der Waals surface area contributed by atoms with Crippen molar-refractivity contribution in [2.45, 2.75) is 46.5 Å². The molecule has 0 bridgehead atoms. The van der Waals surface area contributed by atoms with Gasteiger partial charge in [-0.15, -0.1) is 0 Å². The molecule has 2 aromatic rings. The number of benzene rings is 1. The van der Waals surface area contributed by atoms with Crippen molar-refractivity contribution in [3.8, 4) is 0 Å². The van der Waals surface area contributed by atoms with Gasteiger partial charge in [0, 0.05) is 11.8 Å². The summed E-state index contributed by atoms with van der Waals surface area (Å²) in [5.74, 6) is -1.31. The van der Waals surface area contributed by atoms with Crippen molar-refractivity contribution >= 4 is 22.8 Å². The van der Waals surface area contributed by atoms with Crippen LogP contribution in [0.2, 0.25) is 0 Å². The lowest BCUT2D eigenvalue weighted by Gasteiger charge is -2.16. The van der Waals surface area contributed by atoms with E-state index in [9.17, 15) is 9.59 Å². The van der Waals surface area contributed by atoms with Crippen LogP contribution in [0.4, 0.5) is 0 Å². The maximum absolute atomic E-state index is 12.5. The number of esters is 1. The number of ether oxygens (including phenoxy) is 1. The molecule has 0 unspecified atom stereocenters. The van der Waals surface area contributed by atoms with Crippen molar-refractivity contribution < 1.29 is 19.4 Å². The van der Waals surface area contributed by atoms with Gasteiger partial charge in [0.05, 0.1) is 23.4 Å². The first-order valence-electron chi connectivity index (χ1n) is 8.28. The highest BCUT2D eigenvalue weighted by Crippen LogP contribution is 2.27. The van der Waals surface area contributed by atoms with E-state index in [1.165, 1.54) is 0 Å². The average molecular weight is 329 g/mol. The van der Waals surface area contributed by atoms with Crippen LogP contribution in [-0.2, 0) is 22.4 Å². The Kier molecular flexibility index (Phi) is 5.90. The molecule has 0 aliphatic heterocycles. The third-order valence-electron chi connectivity index (χ3n) is 3.88. The van der Waals surface area contributed by atoms with Crippen molar-refractivity contribution in [3.05, 3.63) is 40.6 Å². The summed E-state index contributed by atoms with van der Waals surface area (Å²) in [6.45, 7) is 6.01. The zero-order valence-electron chi connectivity index (χ0n) is 14.4. The van der Waals surface area contributed by atoms with Crippen LogP contribution in [0, 0.1) is 6.92 Å². The molecular weight excluding hydrogens is 306 g/mol. The standard InChI is InChI=1S/C19H23NO4/c1-4-6-16-18(19(23)24-5-2)13(8-10-17(21)22)14-11-12(3)7-9-15(14)20-16/h7,9,11H,4-6,8,10H2,1-3H3,(H,21,22). The van der Waals surface area contributed by atoms with Crippen LogP contribution in [-0.4, -0.2) is 28.6 Å². The van der Waals surface area contributed by atoms with Crippen LogP contribution < -0.4 is 0 Å². The number of fused-ring (bicyclic) bond motifs is 1. The van der Waals surface area contributed by atoms with Gasteiger partial charge < -0.3 is 9.84 Å². The topological polar surface area (TPSA) is 76.5 Å². The summed E-state index contributed by atoms with van der Waals surface area (Å²) < 4.78 is 5.22. The largest absolute Gasteiger partial charge is 0.481 e. The van der Waals surface area contributed by atoms with E-state index in [0.717, 1.165) is 28.5 Å². The molecule has 0 aliphatic carbocycles. The van der Waals surface area contributed by atoms with Crippen molar-refractivity contribution in [1.82, 2.24) is 4.98 Å². The molecule has 5 heteroatoms. The molecule has 2 rings (SSSR count). The Bertz CT molecular complexity index is 768. The van der Waals surface area contributed by atoms with Gasteiger partial charge >= 0.3 is 11.9 Å². The maximum Gasteiger partial charge on any atom is 0.340 e. The van der Waals surface area contributed by atoms with E-state index >= 15 is 0 Å². The number of aryl methyl sites for hydroxylation is 3. The minimum Gasteiger partial charge on any atom is -0.481 e. The minimum atomic E-state index is -0.889.